The summed E-state index contributed by atoms with van der Waals surface area (Å²) in [6, 6.07) is 0. The van der Waals surface area contributed by atoms with E-state index < -0.39 is 0 Å². The fourth-order valence-electron chi connectivity index (χ4n) is 1.85. The van der Waals surface area contributed by atoms with Crippen molar-refractivity contribution in [1.82, 2.24) is 19.1 Å². The van der Waals surface area contributed by atoms with E-state index in [1.165, 1.54) is 7.11 Å². The van der Waals surface area contributed by atoms with Gasteiger partial charge in [-0.3, -0.25) is 0 Å². The van der Waals surface area contributed by atoms with Crippen molar-refractivity contribution in [2.24, 2.45) is 0 Å². The number of rotatable bonds is 5. The predicted molar refractivity (Wildman–Crippen MR) is 65.1 cm³/mol. The van der Waals surface area contributed by atoms with E-state index in [1.54, 1.807) is 18.7 Å². The molecule has 96 valence electrons. The molecule has 6 heteroatoms. The third kappa shape index (κ3) is 2.58. The number of carbonyl (C=O) groups excluding carboxylic acids is 1. The largest absolute Gasteiger partial charge is 0.464 e. The molecule has 0 saturated carbocycles. The van der Waals surface area contributed by atoms with Gasteiger partial charge < -0.3 is 13.9 Å². The number of nitrogens with zero attached hydrogens (tertiary/aromatic N) is 4. The molecule has 0 aliphatic rings. The number of aryl methyl sites for hydroxylation is 2. The van der Waals surface area contributed by atoms with Gasteiger partial charge in [0, 0.05) is 25.5 Å². The van der Waals surface area contributed by atoms with Crippen LogP contribution < -0.4 is 0 Å². The first-order valence-electron chi connectivity index (χ1n) is 5.78. The minimum absolute atomic E-state index is 0.349. The Bertz CT molecular complexity index is 516. The van der Waals surface area contributed by atoms with Crippen molar-refractivity contribution in [2.45, 2.75) is 26.4 Å². The minimum atomic E-state index is -0.349. The van der Waals surface area contributed by atoms with E-state index in [0.29, 0.717) is 5.69 Å². The third-order valence-corrected chi connectivity index (χ3v) is 2.81. The van der Waals surface area contributed by atoms with Crippen LogP contribution in [0.5, 0.6) is 0 Å². The van der Waals surface area contributed by atoms with Crippen molar-refractivity contribution in [3.05, 3.63) is 36.4 Å². The van der Waals surface area contributed by atoms with Crippen molar-refractivity contribution >= 4 is 5.97 Å². The lowest BCUT2D eigenvalue weighted by Crippen LogP contribution is -2.13. The molecule has 0 amide bonds. The molecule has 0 aromatic carbocycles. The van der Waals surface area contributed by atoms with E-state index in [9.17, 15) is 4.79 Å². The van der Waals surface area contributed by atoms with Crippen LogP contribution in [0.1, 0.15) is 22.7 Å². The van der Waals surface area contributed by atoms with Crippen molar-refractivity contribution < 1.29 is 9.53 Å². The van der Waals surface area contributed by atoms with E-state index in [0.717, 1.165) is 25.3 Å². The Hall–Kier alpha value is -2.11. The molecule has 2 aromatic heterocycles. The zero-order valence-electron chi connectivity index (χ0n) is 10.5. The van der Waals surface area contributed by atoms with Crippen LogP contribution in [0.3, 0.4) is 0 Å². The first kappa shape index (κ1) is 12.3. The molecule has 0 aliphatic heterocycles. The highest BCUT2D eigenvalue weighted by Crippen LogP contribution is 2.08. The zero-order chi connectivity index (χ0) is 13.0. The maximum atomic E-state index is 11.5. The molecule has 0 bridgehead atoms. The Balaban J connectivity index is 2.00. The number of hydrogen-bond acceptors (Lipinski definition) is 4. The van der Waals surface area contributed by atoms with Gasteiger partial charge in [0.1, 0.15) is 11.5 Å². The lowest BCUT2D eigenvalue weighted by molar-refractivity contribution is 0.0587. The summed E-state index contributed by atoms with van der Waals surface area (Å²) in [6.07, 6.45) is 7.91. The summed E-state index contributed by atoms with van der Waals surface area (Å²) >= 11 is 0. The maximum absolute atomic E-state index is 11.5. The van der Waals surface area contributed by atoms with Crippen molar-refractivity contribution in [3.63, 3.8) is 0 Å². The van der Waals surface area contributed by atoms with E-state index in [4.69, 9.17) is 4.74 Å². The molecule has 2 rings (SSSR count). The van der Waals surface area contributed by atoms with E-state index >= 15 is 0 Å². The number of ether oxygens (including phenoxy) is 1. The first-order chi connectivity index (χ1) is 8.72. The molecule has 0 spiro atoms. The zero-order valence-corrected chi connectivity index (χ0v) is 10.5. The summed E-state index contributed by atoms with van der Waals surface area (Å²) in [4.78, 5) is 19.7. The molecule has 18 heavy (non-hydrogen) atoms. The van der Waals surface area contributed by atoms with Gasteiger partial charge in [-0.1, -0.05) is 0 Å². The molecule has 2 heterocycles. The molecular weight excluding hydrogens is 232 g/mol. The van der Waals surface area contributed by atoms with Gasteiger partial charge in [-0.05, 0) is 13.3 Å². The monoisotopic (exact) mass is 248 g/mol. The molecule has 2 aromatic rings. The first-order valence-corrected chi connectivity index (χ1v) is 5.78. The highest BCUT2D eigenvalue weighted by atomic mass is 16.5. The second-order valence-corrected chi connectivity index (χ2v) is 3.99. The summed E-state index contributed by atoms with van der Waals surface area (Å²) < 4.78 is 8.61. The fraction of sp³-hybridized carbons (Fsp3) is 0.417. The molecule has 0 unspecified atom stereocenters. The maximum Gasteiger partial charge on any atom is 0.356 e. The van der Waals surface area contributed by atoms with E-state index in [2.05, 4.69) is 9.97 Å². The number of methoxy groups -OCH3 is 1. The molecule has 0 radical (unpaired) electrons. The van der Waals surface area contributed by atoms with Crippen molar-refractivity contribution in [3.8, 4) is 0 Å². The number of hydrogen-bond donors (Lipinski definition) is 0. The van der Waals surface area contributed by atoms with Gasteiger partial charge in [0.2, 0.25) is 0 Å². The van der Waals surface area contributed by atoms with Crippen LogP contribution in [-0.2, 0) is 17.8 Å². The quantitative estimate of drug-likeness (QED) is 0.747. The van der Waals surface area contributed by atoms with Gasteiger partial charge in [0.15, 0.2) is 0 Å². The van der Waals surface area contributed by atoms with Crippen LogP contribution in [0, 0.1) is 6.92 Å². The van der Waals surface area contributed by atoms with Crippen molar-refractivity contribution in [1.29, 1.82) is 0 Å². The fourth-order valence-corrected chi connectivity index (χ4v) is 1.85. The average Bonchev–Trinajstić information content (AvgIpc) is 3.00. The highest BCUT2D eigenvalue weighted by Gasteiger charge is 2.14. The Morgan fingerprint density at radius 2 is 2.28 bits per heavy atom. The third-order valence-electron chi connectivity index (χ3n) is 2.81. The van der Waals surface area contributed by atoms with Crippen LogP contribution in [0.4, 0.5) is 0 Å². The molecule has 0 atom stereocenters. The standard InChI is InChI=1S/C12H16N4O2/c1-10-14-8-11(12(17)18-2)16(10)6-3-5-15-7-4-13-9-15/h4,7-9H,3,5-6H2,1-2H3. The van der Waals surface area contributed by atoms with Crippen LogP contribution in [0.25, 0.3) is 0 Å². The normalized spacial score (nSPS) is 10.6. The number of imidazole rings is 2. The van der Waals surface area contributed by atoms with Gasteiger partial charge in [0.25, 0.3) is 0 Å². The summed E-state index contributed by atoms with van der Waals surface area (Å²) in [6.45, 7) is 3.47. The van der Waals surface area contributed by atoms with Crippen LogP contribution in [0.15, 0.2) is 24.9 Å². The summed E-state index contributed by atoms with van der Waals surface area (Å²) in [5.74, 6) is 0.472. The minimum Gasteiger partial charge on any atom is -0.464 e. The summed E-state index contributed by atoms with van der Waals surface area (Å²) in [5.41, 5.74) is 0.501. The second-order valence-electron chi connectivity index (χ2n) is 3.99. The van der Waals surface area contributed by atoms with Crippen LogP contribution in [0.2, 0.25) is 0 Å². The SMILES string of the molecule is COC(=O)c1cnc(C)n1CCCn1ccnc1. The number of aromatic nitrogens is 4. The van der Waals surface area contributed by atoms with Gasteiger partial charge in [-0.15, -0.1) is 0 Å². The van der Waals surface area contributed by atoms with E-state index in [-0.39, 0.29) is 5.97 Å². The van der Waals surface area contributed by atoms with Crippen LogP contribution >= 0.6 is 0 Å². The van der Waals surface area contributed by atoms with Gasteiger partial charge >= 0.3 is 5.97 Å². The molecule has 0 N–H and O–H groups in total. The Morgan fingerprint density at radius 3 is 2.94 bits per heavy atom. The van der Waals surface area contributed by atoms with E-state index in [1.807, 2.05) is 22.3 Å². The molecule has 6 nitrogen and oxygen atoms in total. The summed E-state index contributed by atoms with van der Waals surface area (Å²) in [5, 5.41) is 0. The van der Waals surface area contributed by atoms with Crippen LogP contribution in [-0.4, -0.2) is 32.2 Å². The predicted octanol–water partition coefficient (Wildman–Crippen LogP) is 1.26. The van der Waals surface area contributed by atoms with Gasteiger partial charge in [-0.25, -0.2) is 14.8 Å². The Kier molecular flexibility index (Phi) is 3.76. The smallest absolute Gasteiger partial charge is 0.356 e. The molecule has 0 fully saturated rings. The van der Waals surface area contributed by atoms with Gasteiger partial charge in [0.05, 0.1) is 19.6 Å². The Labute approximate surface area is 105 Å². The number of esters is 1. The average molecular weight is 248 g/mol. The number of carbonyl (C=O) groups is 1. The van der Waals surface area contributed by atoms with Crippen molar-refractivity contribution in [2.75, 3.05) is 7.11 Å². The lowest BCUT2D eigenvalue weighted by atomic mass is 10.3. The topological polar surface area (TPSA) is 61.9 Å². The lowest BCUT2D eigenvalue weighted by Gasteiger charge is -2.09. The molecule has 0 saturated heterocycles. The molecule has 0 aliphatic carbocycles. The Morgan fingerprint density at radius 1 is 1.44 bits per heavy atom. The van der Waals surface area contributed by atoms with Gasteiger partial charge in [-0.2, -0.15) is 0 Å². The highest BCUT2D eigenvalue weighted by molar-refractivity contribution is 5.87. The molecular formula is C12H16N4O2. The second kappa shape index (κ2) is 5.48. The summed E-state index contributed by atoms with van der Waals surface area (Å²) in [7, 11) is 1.38.